The number of aryl methyl sites for hydroxylation is 1. The van der Waals surface area contributed by atoms with Gasteiger partial charge in [-0.25, -0.2) is 9.78 Å². The average Bonchev–Trinajstić information content (AvgIpc) is 2.82. The molecule has 2 heterocycles. The van der Waals surface area contributed by atoms with Crippen LogP contribution in [0.15, 0.2) is 47.4 Å². The smallest absolute Gasteiger partial charge is 0.352 e. The van der Waals surface area contributed by atoms with Crippen molar-refractivity contribution in [3.8, 4) is 11.1 Å². The molecule has 0 bridgehead atoms. The lowest BCUT2D eigenvalue weighted by Crippen LogP contribution is -2.31. The van der Waals surface area contributed by atoms with Gasteiger partial charge in [-0.1, -0.05) is 25.5 Å². The summed E-state index contributed by atoms with van der Waals surface area (Å²) in [4.78, 5) is 30.5. The Bertz CT molecular complexity index is 1310. The Hall–Kier alpha value is -3.52. The molecule has 0 fully saturated rings. The van der Waals surface area contributed by atoms with Gasteiger partial charge in [-0.3, -0.25) is 14.6 Å². The lowest BCUT2D eigenvalue weighted by Gasteiger charge is -2.21. The topological polar surface area (TPSA) is 123 Å². The van der Waals surface area contributed by atoms with Gasteiger partial charge in [0.05, 0.1) is 11.3 Å². The number of nitrogens with one attached hydrogen (secondary N) is 2. The number of benzene rings is 1. The van der Waals surface area contributed by atoms with Crippen molar-refractivity contribution >= 4 is 23.0 Å². The molecule has 0 aliphatic rings. The van der Waals surface area contributed by atoms with E-state index >= 15 is 0 Å². The molecular weight excluding hydrogens is 454 g/mol. The zero-order chi connectivity index (χ0) is 26.5. The van der Waals surface area contributed by atoms with Crippen LogP contribution >= 0.6 is 0 Å². The summed E-state index contributed by atoms with van der Waals surface area (Å²) >= 11 is 0. The number of anilines is 1. The van der Waals surface area contributed by atoms with Crippen molar-refractivity contribution in [3.05, 3.63) is 64.2 Å². The van der Waals surface area contributed by atoms with Crippen LogP contribution in [0.5, 0.6) is 0 Å². The van der Waals surface area contributed by atoms with Crippen LogP contribution in [0.3, 0.4) is 0 Å². The second kappa shape index (κ2) is 11.5. The summed E-state index contributed by atoms with van der Waals surface area (Å²) in [6.45, 7) is 9.60. The van der Waals surface area contributed by atoms with E-state index in [-0.39, 0.29) is 30.3 Å². The minimum absolute atomic E-state index is 0.0866. The van der Waals surface area contributed by atoms with Crippen molar-refractivity contribution in [2.24, 2.45) is 5.73 Å². The van der Waals surface area contributed by atoms with Crippen LogP contribution in [-0.4, -0.2) is 32.7 Å². The van der Waals surface area contributed by atoms with Gasteiger partial charge in [0.15, 0.2) is 0 Å². The summed E-state index contributed by atoms with van der Waals surface area (Å²) in [6, 6.07) is 11.1. The number of hydrogen-bond donors (Lipinski definition) is 3. The Morgan fingerprint density at radius 3 is 2.67 bits per heavy atom. The van der Waals surface area contributed by atoms with Crippen molar-refractivity contribution in [2.45, 2.75) is 78.5 Å². The molecule has 1 aromatic carbocycles. The van der Waals surface area contributed by atoms with E-state index in [1.807, 2.05) is 43.3 Å². The number of nitrogens with zero attached hydrogens (tertiary/aromatic N) is 2. The van der Waals surface area contributed by atoms with Crippen LogP contribution in [-0.2, 0) is 22.5 Å². The summed E-state index contributed by atoms with van der Waals surface area (Å²) < 4.78 is 6.86. The maximum Gasteiger partial charge on any atom is 0.352 e. The Morgan fingerprint density at radius 2 is 2.00 bits per heavy atom. The summed E-state index contributed by atoms with van der Waals surface area (Å²) in [5.74, 6) is -0.613. The largest absolute Gasteiger partial charge is 0.456 e. The fraction of sp³-hybridized carbons (Fsp3) is 0.429. The molecule has 1 atom stereocenters. The number of pyridine rings is 1. The predicted molar refractivity (Wildman–Crippen MR) is 145 cm³/mol. The summed E-state index contributed by atoms with van der Waals surface area (Å²) in [5, 5.41) is 11.4. The molecule has 192 valence electrons. The molecule has 2 aromatic heterocycles. The molecular formula is C28H37N5O3. The Labute approximate surface area is 212 Å². The average molecular weight is 492 g/mol. The van der Waals surface area contributed by atoms with Crippen molar-refractivity contribution in [1.29, 1.82) is 5.41 Å². The van der Waals surface area contributed by atoms with E-state index in [0.29, 0.717) is 17.6 Å². The minimum atomic E-state index is -0.641. The fourth-order valence-electron chi connectivity index (χ4n) is 4.09. The number of fused-ring (bicyclic) bond motifs is 1. The molecule has 4 N–H and O–H groups in total. The van der Waals surface area contributed by atoms with Gasteiger partial charge in [0, 0.05) is 30.9 Å². The van der Waals surface area contributed by atoms with E-state index in [2.05, 4.69) is 12.2 Å². The zero-order valence-corrected chi connectivity index (χ0v) is 21.9. The number of ether oxygens (including phenoxy) is 1. The van der Waals surface area contributed by atoms with Gasteiger partial charge in [0.2, 0.25) is 0 Å². The van der Waals surface area contributed by atoms with Gasteiger partial charge < -0.3 is 15.8 Å². The first kappa shape index (κ1) is 27.1. The van der Waals surface area contributed by atoms with Crippen molar-refractivity contribution in [3.63, 3.8) is 0 Å². The highest BCUT2D eigenvalue weighted by Gasteiger charge is 2.22. The predicted octanol–water partition coefficient (Wildman–Crippen LogP) is 4.71. The number of nitrogens with two attached hydrogens (primary N) is 1. The highest BCUT2D eigenvalue weighted by molar-refractivity contribution is 6.35. The van der Waals surface area contributed by atoms with Crippen molar-refractivity contribution in [1.82, 2.24) is 9.38 Å². The van der Waals surface area contributed by atoms with E-state index in [9.17, 15) is 9.59 Å². The van der Waals surface area contributed by atoms with Crippen LogP contribution in [0.1, 0.15) is 65.1 Å². The third kappa shape index (κ3) is 6.57. The van der Waals surface area contributed by atoms with Gasteiger partial charge in [-0.05, 0) is 75.9 Å². The molecule has 8 nitrogen and oxygen atoms in total. The molecule has 0 aliphatic carbocycles. The molecule has 8 heteroatoms. The number of rotatable bonds is 10. The minimum Gasteiger partial charge on any atom is -0.456 e. The molecule has 0 amide bonds. The van der Waals surface area contributed by atoms with E-state index in [4.69, 9.17) is 20.9 Å². The molecule has 0 unspecified atom stereocenters. The molecule has 0 radical (unpaired) electrons. The van der Waals surface area contributed by atoms with Crippen LogP contribution in [0.2, 0.25) is 0 Å². The molecule has 36 heavy (non-hydrogen) atoms. The maximum absolute atomic E-state index is 13.5. The third-order valence-electron chi connectivity index (χ3n) is 5.74. The molecule has 3 rings (SSSR count). The van der Waals surface area contributed by atoms with Crippen molar-refractivity contribution < 1.29 is 9.53 Å². The standard InChI is InChI=1S/C28H37N5O3/c1-6-7-10-23-25(26(34)33-14-9-8-11-24(33)32-23)21-13-12-20(16-19(21)17-29)31-18(2)15-22(30)27(35)36-28(3,4)5/h8-9,11-14,16,18,30-31H,6-7,10,15,17,29H2,1-5H3/t18-/m1/s1. The van der Waals surface area contributed by atoms with Crippen LogP contribution in [0.4, 0.5) is 5.69 Å². The highest BCUT2D eigenvalue weighted by atomic mass is 16.6. The van der Waals surface area contributed by atoms with Gasteiger partial charge in [-0.15, -0.1) is 0 Å². The Kier molecular flexibility index (Phi) is 8.63. The maximum atomic E-state index is 13.5. The number of esters is 1. The SMILES string of the molecule is CCCCc1nc2ccccn2c(=O)c1-c1ccc(N[C@H](C)CC(=N)C(=O)OC(C)(C)C)cc1CN. The fourth-order valence-corrected chi connectivity index (χ4v) is 4.09. The molecule has 0 aliphatic heterocycles. The lowest BCUT2D eigenvalue weighted by molar-refractivity contribution is -0.146. The number of unbranched alkanes of at least 4 members (excludes halogenated alkanes) is 1. The second-order valence-corrected chi connectivity index (χ2v) is 10.1. The van der Waals surface area contributed by atoms with E-state index in [1.54, 1.807) is 31.4 Å². The normalized spacial score (nSPS) is 12.4. The summed E-state index contributed by atoms with van der Waals surface area (Å²) in [5.41, 5.74) is 9.68. The molecule has 3 aromatic rings. The van der Waals surface area contributed by atoms with Gasteiger partial charge in [0.25, 0.3) is 5.56 Å². The van der Waals surface area contributed by atoms with Crippen LogP contribution in [0, 0.1) is 5.41 Å². The van der Waals surface area contributed by atoms with Gasteiger partial charge in [-0.2, -0.15) is 0 Å². The molecule has 0 saturated carbocycles. The van der Waals surface area contributed by atoms with Gasteiger partial charge in [0.1, 0.15) is 17.0 Å². The van der Waals surface area contributed by atoms with E-state index in [0.717, 1.165) is 35.3 Å². The number of carbonyl (C=O) groups is 1. The highest BCUT2D eigenvalue weighted by Crippen LogP contribution is 2.28. The first-order valence-electron chi connectivity index (χ1n) is 12.4. The first-order chi connectivity index (χ1) is 17.0. The van der Waals surface area contributed by atoms with E-state index in [1.165, 1.54) is 0 Å². The first-order valence-corrected chi connectivity index (χ1v) is 12.4. The number of carbonyl (C=O) groups excluding carboxylic acids is 1. The van der Waals surface area contributed by atoms with Crippen molar-refractivity contribution in [2.75, 3.05) is 5.32 Å². The van der Waals surface area contributed by atoms with Gasteiger partial charge >= 0.3 is 5.97 Å². The zero-order valence-electron chi connectivity index (χ0n) is 21.9. The molecule has 0 saturated heterocycles. The van der Waals surface area contributed by atoms with Crippen LogP contribution in [0.25, 0.3) is 16.8 Å². The third-order valence-corrected chi connectivity index (χ3v) is 5.74. The van der Waals surface area contributed by atoms with Crippen LogP contribution < -0.4 is 16.6 Å². The Morgan fingerprint density at radius 1 is 1.25 bits per heavy atom. The summed E-state index contributed by atoms with van der Waals surface area (Å²) in [7, 11) is 0. The Balaban J connectivity index is 1.90. The lowest BCUT2D eigenvalue weighted by atomic mass is 9.96. The summed E-state index contributed by atoms with van der Waals surface area (Å²) in [6.07, 6.45) is 4.59. The van der Waals surface area contributed by atoms with E-state index < -0.39 is 11.6 Å². The number of aromatic nitrogens is 2. The quantitative estimate of drug-likeness (QED) is 0.279. The molecule has 0 spiro atoms. The second-order valence-electron chi connectivity index (χ2n) is 10.1. The monoisotopic (exact) mass is 491 g/mol. The number of hydrogen-bond acceptors (Lipinski definition) is 7.